The molecule has 6 nitrogen and oxygen atoms in total. The summed E-state index contributed by atoms with van der Waals surface area (Å²) in [4.78, 5) is 16.8. The van der Waals surface area contributed by atoms with Gasteiger partial charge in [-0.3, -0.25) is 14.3 Å². The summed E-state index contributed by atoms with van der Waals surface area (Å²) in [6, 6.07) is 15.3. The molecule has 0 fully saturated rings. The third-order valence-corrected chi connectivity index (χ3v) is 6.08. The van der Waals surface area contributed by atoms with Gasteiger partial charge in [-0.2, -0.15) is 0 Å². The van der Waals surface area contributed by atoms with Gasteiger partial charge in [0.05, 0.1) is 11.4 Å². The summed E-state index contributed by atoms with van der Waals surface area (Å²) in [6.07, 6.45) is 3.41. The first-order chi connectivity index (χ1) is 15.4. The summed E-state index contributed by atoms with van der Waals surface area (Å²) in [5.41, 5.74) is 5.81. The molecule has 0 unspecified atom stereocenters. The highest BCUT2D eigenvalue weighted by Crippen LogP contribution is 2.29. The number of hydrogen-bond acceptors (Lipinski definition) is 5. The minimum Gasteiger partial charge on any atom is -0.325 e. The number of aryl methyl sites for hydroxylation is 3. The Kier molecular flexibility index (Phi) is 6.58. The molecule has 4 aromatic rings. The van der Waals surface area contributed by atoms with Gasteiger partial charge in [0.25, 0.3) is 0 Å². The summed E-state index contributed by atoms with van der Waals surface area (Å²) in [7, 11) is 0. The first-order valence-corrected chi connectivity index (χ1v) is 11.4. The number of halogens is 1. The Morgan fingerprint density at radius 3 is 2.44 bits per heavy atom. The topological polar surface area (TPSA) is 72.7 Å². The number of aromatic nitrogens is 4. The van der Waals surface area contributed by atoms with E-state index in [1.165, 1.54) is 17.3 Å². The van der Waals surface area contributed by atoms with Crippen LogP contribution in [0.15, 0.2) is 66.1 Å². The number of thioether (sulfide) groups is 1. The molecule has 0 bridgehead atoms. The highest BCUT2D eigenvalue weighted by Gasteiger charge is 2.18. The monoisotopic (exact) mass is 463 g/mol. The maximum atomic E-state index is 12.7. The zero-order chi connectivity index (χ0) is 22.7. The molecule has 0 aliphatic rings. The van der Waals surface area contributed by atoms with Crippen LogP contribution in [0.25, 0.3) is 17.1 Å². The summed E-state index contributed by atoms with van der Waals surface area (Å²) < 4.78 is 1.90. The maximum absolute atomic E-state index is 12.7. The quantitative estimate of drug-likeness (QED) is 0.374. The van der Waals surface area contributed by atoms with Crippen molar-refractivity contribution in [2.75, 3.05) is 11.1 Å². The Balaban J connectivity index is 1.60. The van der Waals surface area contributed by atoms with Gasteiger partial charge in [-0.05, 0) is 62.2 Å². The Morgan fingerprint density at radius 1 is 1.03 bits per heavy atom. The number of benzene rings is 2. The van der Waals surface area contributed by atoms with Gasteiger partial charge in [0, 0.05) is 28.7 Å². The van der Waals surface area contributed by atoms with Crippen LogP contribution in [0.2, 0.25) is 5.02 Å². The second kappa shape index (κ2) is 9.54. The summed E-state index contributed by atoms with van der Waals surface area (Å²) in [5.74, 6) is 0.751. The van der Waals surface area contributed by atoms with Crippen LogP contribution in [-0.4, -0.2) is 31.4 Å². The number of rotatable bonds is 6. The molecular weight excluding hydrogens is 442 g/mol. The molecule has 32 heavy (non-hydrogen) atoms. The molecule has 8 heteroatoms. The molecule has 0 aliphatic carbocycles. The van der Waals surface area contributed by atoms with E-state index in [0.717, 1.165) is 28.1 Å². The highest BCUT2D eigenvalue weighted by atomic mass is 35.5. The van der Waals surface area contributed by atoms with E-state index in [9.17, 15) is 4.79 Å². The Bertz CT molecular complexity index is 1250. The largest absolute Gasteiger partial charge is 0.325 e. The first-order valence-electron chi connectivity index (χ1n) is 10.0. The van der Waals surface area contributed by atoms with Gasteiger partial charge < -0.3 is 5.32 Å². The fraction of sp³-hybridized carbons (Fsp3) is 0.167. The number of pyridine rings is 1. The molecule has 0 saturated heterocycles. The van der Waals surface area contributed by atoms with E-state index in [2.05, 4.69) is 32.6 Å². The van der Waals surface area contributed by atoms with Crippen molar-refractivity contribution in [3.05, 3.63) is 82.6 Å². The molecular formula is C24H22ClN5OS. The van der Waals surface area contributed by atoms with Crippen molar-refractivity contribution in [2.45, 2.75) is 25.9 Å². The van der Waals surface area contributed by atoms with E-state index >= 15 is 0 Å². The zero-order valence-corrected chi connectivity index (χ0v) is 19.5. The summed E-state index contributed by atoms with van der Waals surface area (Å²) >= 11 is 7.56. The lowest BCUT2D eigenvalue weighted by atomic mass is 10.1. The van der Waals surface area contributed by atoms with Crippen molar-refractivity contribution in [1.82, 2.24) is 19.7 Å². The molecule has 1 amide bonds. The second-order valence-electron chi connectivity index (χ2n) is 7.47. The maximum Gasteiger partial charge on any atom is 0.234 e. The van der Waals surface area contributed by atoms with Crippen molar-refractivity contribution in [1.29, 1.82) is 0 Å². The molecule has 0 spiro atoms. The van der Waals surface area contributed by atoms with Crippen LogP contribution in [0.4, 0.5) is 5.69 Å². The molecule has 0 atom stereocenters. The number of carbonyl (C=O) groups excluding carboxylic acids is 1. The molecule has 162 valence electrons. The van der Waals surface area contributed by atoms with E-state index in [4.69, 9.17) is 11.6 Å². The van der Waals surface area contributed by atoms with Gasteiger partial charge >= 0.3 is 0 Å². The van der Waals surface area contributed by atoms with Gasteiger partial charge in [-0.25, -0.2) is 0 Å². The predicted molar refractivity (Wildman–Crippen MR) is 130 cm³/mol. The van der Waals surface area contributed by atoms with Crippen LogP contribution in [-0.2, 0) is 4.79 Å². The third kappa shape index (κ3) is 4.84. The van der Waals surface area contributed by atoms with Crippen molar-refractivity contribution in [2.24, 2.45) is 0 Å². The molecule has 4 rings (SSSR count). The van der Waals surface area contributed by atoms with E-state index in [1.54, 1.807) is 12.4 Å². The lowest BCUT2D eigenvalue weighted by molar-refractivity contribution is -0.113. The van der Waals surface area contributed by atoms with E-state index < -0.39 is 0 Å². The second-order valence-corrected chi connectivity index (χ2v) is 8.85. The van der Waals surface area contributed by atoms with Crippen LogP contribution < -0.4 is 5.32 Å². The summed E-state index contributed by atoms with van der Waals surface area (Å²) in [6.45, 7) is 6.05. The average Bonchev–Trinajstić information content (AvgIpc) is 3.19. The van der Waals surface area contributed by atoms with Crippen LogP contribution in [0, 0.1) is 20.8 Å². The van der Waals surface area contributed by atoms with Gasteiger partial charge in [0.2, 0.25) is 5.91 Å². The number of carbonyl (C=O) groups is 1. The number of anilines is 1. The van der Waals surface area contributed by atoms with Gasteiger partial charge in [-0.15, -0.1) is 10.2 Å². The zero-order valence-electron chi connectivity index (χ0n) is 18.0. The summed E-state index contributed by atoms with van der Waals surface area (Å²) in [5, 5.41) is 13.0. The van der Waals surface area contributed by atoms with Crippen LogP contribution >= 0.6 is 23.4 Å². The van der Waals surface area contributed by atoms with Crippen LogP contribution in [0.3, 0.4) is 0 Å². The standard InChI is InChI=1S/C24H22ClN5OS/c1-15-11-16(2)22(17(3)12-15)27-21(31)14-32-24-29-28-23(18-7-9-26-10-8-18)30(24)20-6-4-5-19(25)13-20/h4-13H,14H2,1-3H3,(H,27,31). The third-order valence-electron chi connectivity index (χ3n) is 4.91. The van der Waals surface area contributed by atoms with Gasteiger partial charge in [-0.1, -0.05) is 47.1 Å². The minimum absolute atomic E-state index is 0.101. The van der Waals surface area contributed by atoms with Crippen LogP contribution in [0.5, 0.6) is 0 Å². The van der Waals surface area contributed by atoms with E-state index in [0.29, 0.717) is 16.0 Å². The number of hydrogen-bond donors (Lipinski definition) is 1. The van der Waals surface area contributed by atoms with Crippen molar-refractivity contribution < 1.29 is 4.79 Å². The Labute approximate surface area is 196 Å². The Hall–Kier alpha value is -3.16. The first kappa shape index (κ1) is 22.0. The SMILES string of the molecule is Cc1cc(C)c(NC(=O)CSc2nnc(-c3ccncc3)n2-c2cccc(Cl)c2)c(C)c1. The fourth-order valence-electron chi connectivity index (χ4n) is 3.58. The van der Waals surface area contributed by atoms with Crippen molar-refractivity contribution in [3.63, 3.8) is 0 Å². The number of amides is 1. The minimum atomic E-state index is -0.101. The van der Waals surface area contributed by atoms with Gasteiger partial charge in [0.15, 0.2) is 11.0 Å². The van der Waals surface area contributed by atoms with E-state index in [1.807, 2.05) is 61.7 Å². The molecule has 0 saturated carbocycles. The number of nitrogens with one attached hydrogen (secondary N) is 1. The lowest BCUT2D eigenvalue weighted by Gasteiger charge is -2.13. The molecule has 2 aromatic carbocycles. The molecule has 2 aromatic heterocycles. The average molecular weight is 464 g/mol. The van der Waals surface area contributed by atoms with E-state index in [-0.39, 0.29) is 11.7 Å². The molecule has 1 N–H and O–H groups in total. The Morgan fingerprint density at radius 2 is 1.75 bits per heavy atom. The molecule has 2 heterocycles. The van der Waals surface area contributed by atoms with Crippen LogP contribution in [0.1, 0.15) is 16.7 Å². The predicted octanol–water partition coefficient (Wildman–Crippen LogP) is 5.64. The van der Waals surface area contributed by atoms with Crippen molar-refractivity contribution >= 4 is 35.0 Å². The molecule has 0 aliphatic heterocycles. The smallest absolute Gasteiger partial charge is 0.234 e. The highest BCUT2D eigenvalue weighted by molar-refractivity contribution is 7.99. The van der Waals surface area contributed by atoms with Gasteiger partial charge in [0.1, 0.15) is 0 Å². The van der Waals surface area contributed by atoms with Crippen molar-refractivity contribution in [3.8, 4) is 17.1 Å². The number of nitrogens with zero attached hydrogens (tertiary/aromatic N) is 4. The normalized spacial score (nSPS) is 10.9. The molecule has 0 radical (unpaired) electrons. The lowest BCUT2D eigenvalue weighted by Crippen LogP contribution is -2.16. The fourth-order valence-corrected chi connectivity index (χ4v) is 4.52.